The lowest BCUT2D eigenvalue weighted by atomic mass is 10.1. The molecule has 0 aromatic heterocycles. The van der Waals surface area contributed by atoms with Gasteiger partial charge in [0, 0.05) is 29.0 Å². The molecule has 16 heavy (non-hydrogen) atoms. The summed E-state index contributed by atoms with van der Waals surface area (Å²) in [6.45, 7) is 0.201. The molecule has 0 heterocycles. The maximum atomic E-state index is 11.2. The smallest absolute Gasteiger partial charge is 0.306 e. The van der Waals surface area contributed by atoms with Gasteiger partial charge in [-0.25, -0.2) is 0 Å². The third kappa shape index (κ3) is 5.76. The molecule has 0 N–H and O–H groups in total. The summed E-state index contributed by atoms with van der Waals surface area (Å²) in [5.74, 6) is 2.51. The van der Waals surface area contributed by atoms with Gasteiger partial charge < -0.3 is 4.74 Å². The van der Waals surface area contributed by atoms with E-state index in [2.05, 4.69) is 22.0 Å². The lowest BCUT2D eigenvalue weighted by molar-refractivity contribution is -0.142. The highest BCUT2D eigenvalue weighted by molar-refractivity contribution is 14.1. The van der Waals surface area contributed by atoms with Crippen molar-refractivity contribution in [1.29, 1.82) is 0 Å². The molecule has 0 bridgehead atoms. The van der Waals surface area contributed by atoms with Crippen LogP contribution in [0.2, 0.25) is 0 Å². The van der Waals surface area contributed by atoms with Crippen LogP contribution in [0.25, 0.3) is 0 Å². The van der Waals surface area contributed by atoms with Gasteiger partial charge >= 0.3 is 5.97 Å². The molecule has 3 heteroatoms. The molecule has 2 nitrogen and oxygen atoms in total. The molecule has 0 fully saturated rings. The van der Waals surface area contributed by atoms with E-state index in [9.17, 15) is 4.79 Å². The van der Waals surface area contributed by atoms with E-state index < -0.39 is 0 Å². The fraction of sp³-hybridized carbons (Fsp3) is 0.308. The molecule has 1 aromatic rings. The van der Waals surface area contributed by atoms with Crippen LogP contribution in [0, 0.1) is 9.85 Å². The van der Waals surface area contributed by atoms with Crippen molar-refractivity contribution >= 4 is 28.6 Å². The van der Waals surface area contributed by atoms with Gasteiger partial charge in [0.15, 0.2) is 6.61 Å². The van der Waals surface area contributed by atoms with Gasteiger partial charge in [-0.05, 0) is 22.3 Å². The van der Waals surface area contributed by atoms with Gasteiger partial charge in [0.2, 0.25) is 0 Å². The number of ether oxygens (including phenoxy) is 1. The van der Waals surface area contributed by atoms with Crippen molar-refractivity contribution in [2.45, 2.75) is 19.3 Å². The van der Waals surface area contributed by atoms with E-state index in [1.54, 1.807) is 0 Å². The van der Waals surface area contributed by atoms with Gasteiger partial charge in [-0.3, -0.25) is 4.79 Å². The van der Waals surface area contributed by atoms with Crippen molar-refractivity contribution in [1.82, 2.24) is 0 Å². The number of halogens is 1. The van der Waals surface area contributed by atoms with Crippen LogP contribution in [0.4, 0.5) is 0 Å². The lowest BCUT2D eigenvalue weighted by Gasteiger charge is -2.01. The Morgan fingerprint density at radius 1 is 1.31 bits per heavy atom. The van der Waals surface area contributed by atoms with Crippen molar-refractivity contribution in [3.63, 3.8) is 0 Å². The van der Waals surface area contributed by atoms with Gasteiger partial charge in [-0.15, -0.1) is 0 Å². The van der Waals surface area contributed by atoms with E-state index in [-0.39, 0.29) is 12.6 Å². The van der Waals surface area contributed by atoms with Crippen LogP contribution in [-0.4, -0.2) is 12.6 Å². The lowest BCUT2D eigenvalue weighted by Crippen LogP contribution is -2.04. The number of benzene rings is 1. The Morgan fingerprint density at radius 2 is 2.06 bits per heavy atom. The van der Waals surface area contributed by atoms with Crippen molar-refractivity contribution < 1.29 is 9.53 Å². The molecule has 1 aromatic carbocycles. The van der Waals surface area contributed by atoms with Crippen LogP contribution in [-0.2, 0) is 16.0 Å². The number of aryl methyl sites for hydroxylation is 1. The Labute approximate surface area is 110 Å². The minimum Gasteiger partial charge on any atom is -0.452 e. The van der Waals surface area contributed by atoms with Gasteiger partial charge in [0.25, 0.3) is 0 Å². The topological polar surface area (TPSA) is 26.3 Å². The zero-order valence-electron chi connectivity index (χ0n) is 8.91. The van der Waals surface area contributed by atoms with Crippen LogP contribution in [0.5, 0.6) is 0 Å². The third-order valence-corrected chi connectivity index (χ3v) is 2.44. The maximum Gasteiger partial charge on any atom is 0.306 e. The standard InChI is InChI=1S/C13H13IO2/c14-10-5-11-16-13(15)9-4-8-12-6-2-1-3-7-12/h1-3,6-7H,4,8-9,11H2. The first kappa shape index (κ1) is 13.0. The summed E-state index contributed by atoms with van der Waals surface area (Å²) in [6, 6.07) is 10.1. The third-order valence-electron chi connectivity index (χ3n) is 2.06. The Hall–Kier alpha value is -1.02. The Balaban J connectivity index is 2.15. The van der Waals surface area contributed by atoms with E-state index in [0.29, 0.717) is 6.42 Å². The molecule has 0 saturated carbocycles. The molecule has 0 unspecified atom stereocenters. The zero-order valence-corrected chi connectivity index (χ0v) is 11.1. The van der Waals surface area contributed by atoms with Crippen LogP contribution in [0.3, 0.4) is 0 Å². The highest BCUT2D eigenvalue weighted by Gasteiger charge is 2.01. The number of carbonyl (C=O) groups excluding carboxylic acids is 1. The van der Waals surface area contributed by atoms with E-state index in [1.165, 1.54) is 5.56 Å². The summed E-state index contributed by atoms with van der Waals surface area (Å²) in [7, 11) is 0. The second-order valence-corrected chi connectivity index (χ2v) is 3.81. The van der Waals surface area contributed by atoms with Crippen molar-refractivity contribution in [3.05, 3.63) is 35.9 Å². The molecule has 0 aliphatic carbocycles. The number of hydrogen-bond donors (Lipinski definition) is 0. The minimum absolute atomic E-state index is 0.171. The molecule has 0 amide bonds. The monoisotopic (exact) mass is 328 g/mol. The second kappa shape index (κ2) is 8.17. The van der Waals surface area contributed by atoms with Crippen LogP contribution in [0.15, 0.2) is 30.3 Å². The maximum absolute atomic E-state index is 11.2. The molecule has 0 spiro atoms. The second-order valence-electron chi connectivity index (χ2n) is 3.27. The Bertz CT molecular complexity index is 376. The van der Waals surface area contributed by atoms with Crippen LogP contribution >= 0.6 is 22.6 Å². The molecular formula is C13H13IO2. The Morgan fingerprint density at radius 3 is 2.75 bits per heavy atom. The van der Waals surface area contributed by atoms with Crippen molar-refractivity contribution in [2.24, 2.45) is 0 Å². The number of rotatable bonds is 5. The number of esters is 1. The summed E-state index contributed by atoms with van der Waals surface area (Å²) in [5.41, 5.74) is 1.25. The molecule has 0 aliphatic heterocycles. The first-order valence-electron chi connectivity index (χ1n) is 5.11. The van der Waals surface area contributed by atoms with Gasteiger partial charge in [0.1, 0.15) is 0 Å². The molecule has 0 aliphatic rings. The summed E-state index contributed by atoms with van der Waals surface area (Å²) in [6.07, 6.45) is 2.19. The SMILES string of the molecule is O=C(CCCc1ccccc1)OCC#CI. The predicted molar refractivity (Wildman–Crippen MR) is 72.1 cm³/mol. The Kier molecular flexibility index (Phi) is 6.66. The van der Waals surface area contributed by atoms with Crippen LogP contribution < -0.4 is 0 Å². The van der Waals surface area contributed by atoms with E-state index in [0.717, 1.165) is 12.8 Å². The average Bonchev–Trinajstić information content (AvgIpc) is 2.31. The average molecular weight is 328 g/mol. The summed E-state index contributed by atoms with van der Waals surface area (Å²) >= 11 is 1.92. The van der Waals surface area contributed by atoms with E-state index >= 15 is 0 Å². The zero-order chi connectivity index (χ0) is 11.6. The molecule has 0 radical (unpaired) electrons. The largest absolute Gasteiger partial charge is 0.452 e. The first-order chi connectivity index (χ1) is 7.83. The van der Waals surface area contributed by atoms with E-state index in [4.69, 9.17) is 4.74 Å². The van der Waals surface area contributed by atoms with E-state index in [1.807, 2.05) is 40.8 Å². The molecule has 0 saturated heterocycles. The number of hydrogen-bond acceptors (Lipinski definition) is 2. The highest BCUT2D eigenvalue weighted by Crippen LogP contribution is 2.04. The fourth-order valence-electron chi connectivity index (χ4n) is 1.30. The normalized spacial score (nSPS) is 9.06. The molecular weight excluding hydrogens is 315 g/mol. The van der Waals surface area contributed by atoms with Gasteiger partial charge in [-0.1, -0.05) is 36.3 Å². The highest BCUT2D eigenvalue weighted by atomic mass is 127. The molecule has 84 valence electrons. The van der Waals surface area contributed by atoms with Crippen molar-refractivity contribution in [3.8, 4) is 9.85 Å². The minimum atomic E-state index is -0.171. The number of carbonyl (C=O) groups is 1. The summed E-state index contributed by atoms with van der Waals surface area (Å²) < 4.78 is 7.55. The first-order valence-corrected chi connectivity index (χ1v) is 6.19. The fourth-order valence-corrected chi connectivity index (χ4v) is 1.45. The van der Waals surface area contributed by atoms with Gasteiger partial charge in [0.05, 0.1) is 0 Å². The predicted octanol–water partition coefficient (Wildman–Crippen LogP) is 2.95. The quantitative estimate of drug-likeness (QED) is 0.472. The van der Waals surface area contributed by atoms with Crippen molar-refractivity contribution in [2.75, 3.05) is 6.61 Å². The van der Waals surface area contributed by atoms with Gasteiger partial charge in [-0.2, -0.15) is 0 Å². The summed E-state index contributed by atoms with van der Waals surface area (Å²) in [5, 5.41) is 0. The van der Waals surface area contributed by atoms with Crippen LogP contribution in [0.1, 0.15) is 18.4 Å². The molecule has 0 atom stereocenters. The summed E-state index contributed by atoms with van der Waals surface area (Å²) in [4.78, 5) is 11.2. The molecule has 1 rings (SSSR count).